The van der Waals surface area contributed by atoms with Crippen molar-refractivity contribution in [3.8, 4) is 0 Å². The molecule has 1 heterocycles. The first-order valence-corrected chi connectivity index (χ1v) is 11.4. The molecule has 1 aliphatic heterocycles. The summed E-state index contributed by atoms with van der Waals surface area (Å²) in [5.74, 6) is 0.115. The van der Waals surface area contributed by atoms with Crippen molar-refractivity contribution in [2.24, 2.45) is 0 Å². The Morgan fingerprint density at radius 3 is 2.39 bits per heavy atom. The van der Waals surface area contributed by atoms with E-state index in [1.54, 1.807) is 11.8 Å². The Hall–Kier alpha value is -3.30. The van der Waals surface area contributed by atoms with Gasteiger partial charge < -0.3 is 0 Å². The number of carbonyl (C=O) groups excluding carboxylic acids is 1. The highest BCUT2D eigenvalue weighted by atomic mass is 32.2. The number of hydrogen-bond acceptors (Lipinski definition) is 2. The van der Waals surface area contributed by atoms with E-state index in [2.05, 4.69) is 72.8 Å². The molecule has 0 spiro atoms. The summed E-state index contributed by atoms with van der Waals surface area (Å²) in [6, 6.07) is 33.4. The number of hydrogen-bond donors (Lipinski definition) is 0. The van der Waals surface area contributed by atoms with Gasteiger partial charge in [0.05, 0.1) is 5.69 Å². The predicted octanol–water partition coefficient (Wildman–Crippen LogP) is 7.25. The SMILES string of the molecule is CCC(=O)N1c2ccccc2SC1(C=Cc1ccc2ccccc2c1)c1ccccc1. The highest BCUT2D eigenvalue weighted by molar-refractivity contribution is 8.01. The molecule has 1 aliphatic rings. The monoisotopic (exact) mass is 421 g/mol. The van der Waals surface area contributed by atoms with Crippen LogP contribution in [0.25, 0.3) is 16.8 Å². The molecular formula is C28H23NOS. The molecule has 0 fully saturated rings. The fourth-order valence-electron chi connectivity index (χ4n) is 4.19. The number of fused-ring (bicyclic) bond motifs is 2. The smallest absolute Gasteiger partial charge is 0.228 e. The van der Waals surface area contributed by atoms with Crippen molar-refractivity contribution < 1.29 is 4.79 Å². The molecule has 1 unspecified atom stereocenters. The van der Waals surface area contributed by atoms with Crippen LogP contribution in [0.4, 0.5) is 5.69 Å². The molecule has 31 heavy (non-hydrogen) atoms. The van der Waals surface area contributed by atoms with Crippen LogP contribution in [0.2, 0.25) is 0 Å². The van der Waals surface area contributed by atoms with Crippen molar-refractivity contribution in [1.29, 1.82) is 0 Å². The van der Waals surface area contributed by atoms with Gasteiger partial charge in [-0.15, -0.1) is 0 Å². The fourth-order valence-corrected chi connectivity index (χ4v) is 5.62. The number of amides is 1. The van der Waals surface area contributed by atoms with Crippen molar-refractivity contribution in [3.05, 3.63) is 114 Å². The van der Waals surface area contributed by atoms with E-state index < -0.39 is 4.87 Å². The molecule has 0 saturated heterocycles. The van der Waals surface area contributed by atoms with E-state index in [9.17, 15) is 4.79 Å². The van der Waals surface area contributed by atoms with Gasteiger partial charge in [-0.25, -0.2) is 0 Å². The van der Waals surface area contributed by atoms with Crippen LogP contribution in [0.3, 0.4) is 0 Å². The minimum Gasteiger partial charge on any atom is -0.288 e. The zero-order valence-corrected chi connectivity index (χ0v) is 18.2. The van der Waals surface area contributed by atoms with Gasteiger partial charge in [-0.3, -0.25) is 9.69 Å². The number of para-hydroxylation sites is 1. The Morgan fingerprint density at radius 2 is 1.58 bits per heavy atom. The summed E-state index contributed by atoms with van der Waals surface area (Å²) >= 11 is 1.73. The summed E-state index contributed by atoms with van der Waals surface area (Å²) < 4.78 is 0. The second kappa shape index (κ2) is 8.09. The van der Waals surface area contributed by atoms with Crippen LogP contribution in [-0.4, -0.2) is 5.91 Å². The first kappa shape index (κ1) is 19.7. The van der Waals surface area contributed by atoms with Gasteiger partial charge in [0.25, 0.3) is 0 Å². The third-order valence-corrected chi connectivity index (χ3v) is 7.15. The molecular weight excluding hydrogens is 398 g/mol. The van der Waals surface area contributed by atoms with Gasteiger partial charge in [0.15, 0.2) is 0 Å². The molecule has 1 amide bonds. The molecule has 0 aliphatic carbocycles. The number of thioether (sulfide) groups is 1. The van der Waals surface area contributed by atoms with Crippen molar-refractivity contribution in [2.75, 3.05) is 4.90 Å². The summed E-state index contributed by atoms with van der Waals surface area (Å²) in [5, 5.41) is 2.44. The van der Waals surface area contributed by atoms with Crippen LogP contribution in [-0.2, 0) is 9.67 Å². The average molecular weight is 422 g/mol. The maximum atomic E-state index is 13.2. The summed E-state index contributed by atoms with van der Waals surface area (Å²) in [4.78, 5) is 15.7. The summed E-state index contributed by atoms with van der Waals surface area (Å²) in [7, 11) is 0. The number of anilines is 1. The van der Waals surface area contributed by atoms with Gasteiger partial charge >= 0.3 is 0 Å². The van der Waals surface area contributed by atoms with E-state index in [1.807, 2.05) is 48.2 Å². The van der Waals surface area contributed by atoms with Crippen LogP contribution in [0.5, 0.6) is 0 Å². The maximum Gasteiger partial charge on any atom is 0.228 e. The number of carbonyl (C=O) groups is 1. The van der Waals surface area contributed by atoms with Gasteiger partial charge in [-0.05, 0) is 46.2 Å². The minimum absolute atomic E-state index is 0.115. The molecule has 3 heteroatoms. The zero-order chi connectivity index (χ0) is 21.3. The van der Waals surface area contributed by atoms with Crippen molar-refractivity contribution in [3.63, 3.8) is 0 Å². The van der Waals surface area contributed by atoms with Gasteiger partial charge in [0.2, 0.25) is 5.91 Å². The lowest BCUT2D eigenvalue weighted by Crippen LogP contribution is -2.43. The first-order valence-electron chi connectivity index (χ1n) is 10.6. The van der Waals surface area contributed by atoms with E-state index in [0.717, 1.165) is 21.7 Å². The summed E-state index contributed by atoms with van der Waals surface area (Å²) in [6.45, 7) is 1.93. The molecule has 4 aromatic carbocycles. The molecule has 1 atom stereocenters. The van der Waals surface area contributed by atoms with Gasteiger partial charge in [-0.2, -0.15) is 0 Å². The maximum absolute atomic E-state index is 13.2. The Bertz CT molecular complexity index is 1280. The molecule has 5 rings (SSSR count). The highest BCUT2D eigenvalue weighted by Crippen LogP contribution is 2.56. The predicted molar refractivity (Wildman–Crippen MR) is 131 cm³/mol. The number of rotatable bonds is 4. The van der Waals surface area contributed by atoms with Crippen molar-refractivity contribution in [1.82, 2.24) is 0 Å². The van der Waals surface area contributed by atoms with Crippen LogP contribution in [0, 0.1) is 0 Å². The number of nitrogens with zero attached hydrogens (tertiary/aromatic N) is 1. The average Bonchev–Trinajstić information content (AvgIpc) is 3.18. The van der Waals surface area contributed by atoms with E-state index in [4.69, 9.17) is 0 Å². The minimum atomic E-state index is -0.621. The Morgan fingerprint density at radius 1 is 0.871 bits per heavy atom. The molecule has 4 aromatic rings. The number of benzene rings is 4. The zero-order valence-electron chi connectivity index (χ0n) is 17.4. The Labute approximate surface area is 187 Å². The van der Waals surface area contributed by atoms with E-state index in [1.165, 1.54) is 10.8 Å². The molecule has 2 nitrogen and oxygen atoms in total. The van der Waals surface area contributed by atoms with Crippen molar-refractivity contribution in [2.45, 2.75) is 23.1 Å². The lowest BCUT2D eigenvalue weighted by Gasteiger charge is -2.36. The van der Waals surface area contributed by atoms with Gasteiger partial charge in [0, 0.05) is 11.3 Å². The van der Waals surface area contributed by atoms with Gasteiger partial charge in [-0.1, -0.05) is 104 Å². The standard InChI is InChI=1S/C28H23NOS/c1-2-27(30)29-25-14-8-9-15-26(25)31-28(29,24-12-4-3-5-13-24)19-18-21-16-17-22-10-6-7-11-23(22)20-21/h3-20H,2H2,1H3. The van der Waals surface area contributed by atoms with Crippen LogP contribution in [0.1, 0.15) is 24.5 Å². The van der Waals surface area contributed by atoms with E-state index in [0.29, 0.717) is 6.42 Å². The molecule has 152 valence electrons. The second-order valence-corrected chi connectivity index (χ2v) is 8.92. The Balaban J connectivity index is 1.67. The van der Waals surface area contributed by atoms with Gasteiger partial charge in [0.1, 0.15) is 4.87 Å². The Kier molecular flexibility index (Phi) is 5.13. The van der Waals surface area contributed by atoms with E-state index >= 15 is 0 Å². The summed E-state index contributed by atoms with van der Waals surface area (Å²) in [6.07, 6.45) is 4.78. The lowest BCUT2D eigenvalue weighted by atomic mass is 10.0. The fraction of sp³-hybridized carbons (Fsp3) is 0.107. The van der Waals surface area contributed by atoms with Crippen LogP contribution < -0.4 is 4.90 Å². The molecule has 0 bridgehead atoms. The molecule has 0 N–H and O–H groups in total. The third-order valence-electron chi connectivity index (χ3n) is 5.72. The normalized spacial score (nSPS) is 17.9. The molecule has 0 radical (unpaired) electrons. The quantitative estimate of drug-likeness (QED) is 0.346. The van der Waals surface area contributed by atoms with E-state index in [-0.39, 0.29) is 5.91 Å². The second-order valence-electron chi connectivity index (χ2n) is 7.65. The molecule has 0 saturated carbocycles. The first-order chi connectivity index (χ1) is 15.2. The van der Waals surface area contributed by atoms with Crippen molar-refractivity contribution >= 4 is 40.2 Å². The third kappa shape index (κ3) is 3.45. The molecule has 0 aromatic heterocycles. The highest BCUT2D eigenvalue weighted by Gasteiger charge is 2.46. The topological polar surface area (TPSA) is 20.3 Å². The summed E-state index contributed by atoms with van der Waals surface area (Å²) in [5.41, 5.74) is 3.19. The lowest BCUT2D eigenvalue weighted by molar-refractivity contribution is -0.118. The van der Waals surface area contributed by atoms with Crippen LogP contribution in [0.15, 0.2) is 108 Å². The largest absolute Gasteiger partial charge is 0.288 e. The van der Waals surface area contributed by atoms with Crippen LogP contribution >= 0.6 is 11.8 Å².